The van der Waals surface area contributed by atoms with Crippen LogP contribution < -0.4 is 5.32 Å². The molecule has 1 unspecified atom stereocenters. The average molecular weight is 239 g/mol. The van der Waals surface area contributed by atoms with Crippen LogP contribution in [0.2, 0.25) is 0 Å². The Morgan fingerprint density at radius 2 is 2.29 bits per heavy atom. The first kappa shape index (κ1) is 13.4. The molecule has 0 spiro atoms. The van der Waals surface area contributed by atoms with Gasteiger partial charge in [0.05, 0.1) is 11.0 Å². The molecule has 0 aliphatic carbocycles. The first-order valence-corrected chi connectivity index (χ1v) is 5.58. The molecule has 6 heteroatoms. The monoisotopic (exact) mass is 239 g/mol. The Morgan fingerprint density at radius 1 is 1.59 bits per heavy atom. The molecule has 0 saturated carbocycles. The summed E-state index contributed by atoms with van der Waals surface area (Å²) in [7, 11) is 0. The molecule has 0 bridgehead atoms. The molecular weight excluding hydrogens is 222 g/mol. The van der Waals surface area contributed by atoms with Gasteiger partial charge in [-0.1, -0.05) is 13.3 Å². The lowest BCUT2D eigenvalue weighted by Crippen LogP contribution is -2.20. The van der Waals surface area contributed by atoms with Crippen LogP contribution in [0, 0.1) is 17.0 Å². The van der Waals surface area contributed by atoms with Crippen molar-refractivity contribution in [1.29, 1.82) is 0 Å². The SMILES string of the molecule is CCCC(O)CNc1nc(C)ccc1[N+](=O)[O-]. The number of pyridine rings is 1. The van der Waals surface area contributed by atoms with Crippen molar-refractivity contribution in [3.8, 4) is 0 Å². The fourth-order valence-electron chi connectivity index (χ4n) is 1.48. The first-order valence-electron chi connectivity index (χ1n) is 5.58. The quantitative estimate of drug-likeness (QED) is 0.584. The third kappa shape index (κ3) is 3.99. The van der Waals surface area contributed by atoms with E-state index in [1.807, 2.05) is 6.92 Å². The molecule has 17 heavy (non-hydrogen) atoms. The van der Waals surface area contributed by atoms with Crippen molar-refractivity contribution in [2.75, 3.05) is 11.9 Å². The van der Waals surface area contributed by atoms with Crippen molar-refractivity contribution < 1.29 is 10.0 Å². The van der Waals surface area contributed by atoms with Crippen LogP contribution >= 0.6 is 0 Å². The Kier molecular flexibility index (Phi) is 4.84. The van der Waals surface area contributed by atoms with E-state index in [-0.39, 0.29) is 18.1 Å². The summed E-state index contributed by atoms with van der Waals surface area (Å²) >= 11 is 0. The number of hydrogen-bond acceptors (Lipinski definition) is 5. The zero-order valence-corrected chi connectivity index (χ0v) is 10.0. The summed E-state index contributed by atoms with van der Waals surface area (Å²) in [4.78, 5) is 14.3. The predicted molar refractivity (Wildman–Crippen MR) is 65.0 cm³/mol. The van der Waals surface area contributed by atoms with Gasteiger partial charge in [-0.3, -0.25) is 10.1 Å². The molecule has 2 N–H and O–H groups in total. The number of aliphatic hydroxyl groups excluding tert-OH is 1. The maximum atomic E-state index is 10.8. The highest BCUT2D eigenvalue weighted by Crippen LogP contribution is 2.21. The van der Waals surface area contributed by atoms with E-state index in [1.165, 1.54) is 6.07 Å². The maximum Gasteiger partial charge on any atom is 0.311 e. The van der Waals surface area contributed by atoms with Crippen molar-refractivity contribution >= 4 is 11.5 Å². The molecule has 0 radical (unpaired) electrons. The molecule has 0 amide bonds. The smallest absolute Gasteiger partial charge is 0.311 e. The molecule has 0 aliphatic heterocycles. The minimum Gasteiger partial charge on any atom is -0.391 e. The van der Waals surface area contributed by atoms with Crippen LogP contribution in [-0.4, -0.2) is 27.7 Å². The molecule has 1 aromatic heterocycles. The third-order valence-electron chi connectivity index (χ3n) is 2.34. The number of nitrogens with one attached hydrogen (secondary N) is 1. The highest BCUT2D eigenvalue weighted by Gasteiger charge is 2.15. The van der Waals surface area contributed by atoms with Crippen molar-refractivity contribution in [3.05, 3.63) is 27.9 Å². The largest absolute Gasteiger partial charge is 0.391 e. The highest BCUT2D eigenvalue weighted by molar-refractivity contribution is 5.56. The van der Waals surface area contributed by atoms with E-state index in [0.717, 1.165) is 6.42 Å². The molecule has 0 fully saturated rings. The van der Waals surface area contributed by atoms with Crippen molar-refractivity contribution in [1.82, 2.24) is 4.98 Å². The molecule has 94 valence electrons. The Labute approximate surface area is 99.8 Å². The second-order valence-electron chi connectivity index (χ2n) is 3.90. The standard InChI is InChI=1S/C11H17N3O3/c1-3-4-9(15)7-12-11-10(14(16)17)6-5-8(2)13-11/h5-6,9,15H,3-4,7H2,1-2H3,(H,12,13). The Morgan fingerprint density at radius 3 is 2.88 bits per heavy atom. The van der Waals surface area contributed by atoms with Crippen LogP contribution in [0.15, 0.2) is 12.1 Å². The maximum absolute atomic E-state index is 10.8. The van der Waals surface area contributed by atoms with Crippen molar-refractivity contribution in [2.24, 2.45) is 0 Å². The number of rotatable bonds is 6. The van der Waals surface area contributed by atoms with Crippen LogP contribution in [0.4, 0.5) is 11.5 Å². The summed E-state index contributed by atoms with van der Waals surface area (Å²) in [5.41, 5.74) is 0.627. The topological polar surface area (TPSA) is 88.3 Å². The van der Waals surface area contributed by atoms with Gasteiger partial charge in [-0.15, -0.1) is 0 Å². The Hall–Kier alpha value is -1.69. The average Bonchev–Trinajstić information content (AvgIpc) is 2.26. The fraction of sp³-hybridized carbons (Fsp3) is 0.545. The zero-order valence-electron chi connectivity index (χ0n) is 10.0. The second kappa shape index (κ2) is 6.15. The lowest BCUT2D eigenvalue weighted by Gasteiger charge is -2.11. The molecule has 0 aliphatic rings. The van der Waals surface area contributed by atoms with Crippen molar-refractivity contribution in [2.45, 2.75) is 32.8 Å². The van der Waals surface area contributed by atoms with Crippen LogP contribution in [0.1, 0.15) is 25.5 Å². The lowest BCUT2D eigenvalue weighted by atomic mass is 10.2. The van der Waals surface area contributed by atoms with Crippen molar-refractivity contribution in [3.63, 3.8) is 0 Å². The number of anilines is 1. The van der Waals surface area contributed by atoms with Crippen LogP contribution in [0.25, 0.3) is 0 Å². The summed E-state index contributed by atoms with van der Waals surface area (Å²) in [6, 6.07) is 3.00. The van der Waals surface area contributed by atoms with Gasteiger partial charge in [0.2, 0.25) is 5.82 Å². The predicted octanol–water partition coefficient (Wildman–Crippen LogP) is 1.87. The Bertz CT molecular complexity index is 396. The first-order chi connectivity index (χ1) is 8.04. The molecule has 1 rings (SSSR count). The molecule has 6 nitrogen and oxygen atoms in total. The van der Waals surface area contributed by atoms with Gasteiger partial charge in [-0.05, 0) is 19.4 Å². The number of nitrogens with zero attached hydrogens (tertiary/aromatic N) is 2. The lowest BCUT2D eigenvalue weighted by molar-refractivity contribution is -0.384. The van der Waals surface area contributed by atoms with Gasteiger partial charge in [0.15, 0.2) is 0 Å². The summed E-state index contributed by atoms with van der Waals surface area (Å²) in [6.07, 6.45) is 1.01. The number of aryl methyl sites for hydroxylation is 1. The summed E-state index contributed by atoms with van der Waals surface area (Å²) in [5, 5.41) is 23.1. The van der Waals surface area contributed by atoms with Gasteiger partial charge in [0.1, 0.15) is 0 Å². The molecular formula is C11H17N3O3. The van der Waals surface area contributed by atoms with E-state index in [1.54, 1.807) is 13.0 Å². The third-order valence-corrected chi connectivity index (χ3v) is 2.34. The van der Waals surface area contributed by atoms with Crippen LogP contribution in [0.3, 0.4) is 0 Å². The van der Waals surface area contributed by atoms with Gasteiger partial charge in [-0.25, -0.2) is 4.98 Å². The molecule has 1 atom stereocenters. The van der Waals surface area contributed by atoms with Crippen LogP contribution in [-0.2, 0) is 0 Å². The summed E-state index contributed by atoms with van der Waals surface area (Å²) in [6.45, 7) is 4.00. The van der Waals surface area contributed by atoms with Gasteiger partial charge < -0.3 is 10.4 Å². The number of nitro groups is 1. The van der Waals surface area contributed by atoms with E-state index < -0.39 is 11.0 Å². The molecule has 0 aromatic carbocycles. The Balaban J connectivity index is 2.75. The number of aliphatic hydroxyl groups is 1. The van der Waals surface area contributed by atoms with E-state index in [0.29, 0.717) is 12.1 Å². The summed E-state index contributed by atoms with van der Waals surface area (Å²) in [5.74, 6) is 0.213. The second-order valence-corrected chi connectivity index (χ2v) is 3.90. The fourth-order valence-corrected chi connectivity index (χ4v) is 1.48. The molecule has 1 aromatic rings. The number of hydrogen-bond donors (Lipinski definition) is 2. The zero-order chi connectivity index (χ0) is 12.8. The van der Waals surface area contributed by atoms with E-state index in [2.05, 4.69) is 10.3 Å². The minimum atomic E-state index is -0.512. The van der Waals surface area contributed by atoms with Gasteiger partial charge in [0.25, 0.3) is 0 Å². The van der Waals surface area contributed by atoms with E-state index in [4.69, 9.17) is 0 Å². The van der Waals surface area contributed by atoms with Gasteiger partial charge >= 0.3 is 5.69 Å². The van der Waals surface area contributed by atoms with E-state index in [9.17, 15) is 15.2 Å². The highest BCUT2D eigenvalue weighted by atomic mass is 16.6. The normalized spacial score (nSPS) is 12.2. The number of aromatic nitrogens is 1. The molecule has 0 saturated heterocycles. The summed E-state index contributed by atoms with van der Waals surface area (Å²) < 4.78 is 0. The van der Waals surface area contributed by atoms with E-state index >= 15 is 0 Å². The van der Waals surface area contributed by atoms with Gasteiger partial charge in [0, 0.05) is 18.3 Å². The van der Waals surface area contributed by atoms with Gasteiger partial charge in [-0.2, -0.15) is 0 Å². The molecule has 1 heterocycles. The minimum absolute atomic E-state index is 0.0701. The van der Waals surface area contributed by atoms with Crippen LogP contribution in [0.5, 0.6) is 0 Å².